The summed E-state index contributed by atoms with van der Waals surface area (Å²) in [6.45, 7) is 4.18. The molecule has 1 N–H and O–H groups in total. The Labute approximate surface area is 145 Å². The molecule has 1 aliphatic heterocycles. The third-order valence-electron chi connectivity index (χ3n) is 4.63. The minimum atomic E-state index is -0.319. The summed E-state index contributed by atoms with van der Waals surface area (Å²) >= 11 is 0. The van der Waals surface area contributed by atoms with E-state index in [0.717, 1.165) is 12.8 Å². The zero-order valence-electron chi connectivity index (χ0n) is 14.4. The first-order valence-corrected chi connectivity index (χ1v) is 8.71. The van der Waals surface area contributed by atoms with E-state index in [0.29, 0.717) is 30.5 Å². The average molecular weight is 345 g/mol. The molecule has 1 aliphatic rings. The highest BCUT2D eigenvalue weighted by Gasteiger charge is 2.22. The van der Waals surface area contributed by atoms with Gasteiger partial charge in [0.05, 0.1) is 23.4 Å². The third-order valence-corrected chi connectivity index (χ3v) is 4.63. The van der Waals surface area contributed by atoms with E-state index in [-0.39, 0.29) is 36.1 Å². The summed E-state index contributed by atoms with van der Waals surface area (Å²) in [4.78, 5) is 38.7. The van der Waals surface area contributed by atoms with E-state index in [2.05, 4.69) is 5.10 Å². The Kier molecular flexibility index (Phi) is 5.33. The second-order valence-corrected chi connectivity index (χ2v) is 6.23. The number of rotatable bonds is 5. The predicted molar refractivity (Wildman–Crippen MR) is 94.7 cm³/mol. The molecule has 1 saturated heterocycles. The first kappa shape index (κ1) is 17.4. The molecule has 0 unspecified atom stereocenters. The van der Waals surface area contributed by atoms with Crippen LogP contribution in [0.25, 0.3) is 10.8 Å². The number of likely N-dealkylation sites (tertiary alicyclic amines) is 1. The first-order valence-electron chi connectivity index (χ1n) is 8.71. The smallest absolute Gasteiger partial charge is 0.273 e. The van der Waals surface area contributed by atoms with Gasteiger partial charge < -0.3 is 9.64 Å². The first-order chi connectivity index (χ1) is 12.1. The quantitative estimate of drug-likeness (QED) is 0.880. The van der Waals surface area contributed by atoms with E-state index in [1.54, 1.807) is 29.2 Å². The molecule has 0 aliphatic carbocycles. The molecule has 1 aromatic heterocycles. The summed E-state index contributed by atoms with van der Waals surface area (Å²) in [7, 11) is 0. The van der Waals surface area contributed by atoms with Crippen LogP contribution in [-0.2, 0) is 16.1 Å². The van der Waals surface area contributed by atoms with Crippen molar-refractivity contribution in [3.8, 4) is 0 Å². The topological polar surface area (TPSA) is 84.4 Å². The van der Waals surface area contributed by atoms with Gasteiger partial charge in [0.25, 0.3) is 11.1 Å². The van der Waals surface area contributed by atoms with Gasteiger partial charge in [-0.15, -0.1) is 0 Å². The molecule has 7 nitrogen and oxygen atoms in total. The van der Waals surface area contributed by atoms with Gasteiger partial charge in [0.1, 0.15) is 0 Å². The fourth-order valence-electron chi connectivity index (χ4n) is 3.28. The van der Waals surface area contributed by atoms with Gasteiger partial charge in [0, 0.05) is 26.1 Å². The van der Waals surface area contributed by atoms with Gasteiger partial charge in [-0.2, -0.15) is 0 Å². The Morgan fingerprint density at radius 1 is 1.20 bits per heavy atom. The fourth-order valence-corrected chi connectivity index (χ4v) is 3.28. The van der Waals surface area contributed by atoms with Gasteiger partial charge in [0.15, 0.2) is 0 Å². The van der Waals surface area contributed by atoms with E-state index < -0.39 is 0 Å². The highest BCUT2D eigenvalue weighted by Crippen LogP contribution is 2.14. The van der Waals surface area contributed by atoms with Crippen molar-refractivity contribution >= 4 is 16.7 Å². The number of hydrogen-bond donors (Lipinski definition) is 1. The van der Waals surface area contributed by atoms with Crippen LogP contribution in [0.1, 0.15) is 26.2 Å². The lowest BCUT2D eigenvalue weighted by Crippen LogP contribution is -2.41. The number of benzene rings is 1. The van der Waals surface area contributed by atoms with Gasteiger partial charge in [-0.1, -0.05) is 12.1 Å². The molecule has 2 aromatic rings. The van der Waals surface area contributed by atoms with Gasteiger partial charge in [-0.25, -0.2) is 4.68 Å². The Balaban J connectivity index is 1.65. The molecule has 25 heavy (non-hydrogen) atoms. The lowest BCUT2D eigenvalue weighted by molar-refractivity contribution is -0.134. The van der Waals surface area contributed by atoms with E-state index in [4.69, 9.17) is 4.74 Å². The molecule has 1 amide bonds. The van der Waals surface area contributed by atoms with E-state index in [1.807, 2.05) is 6.92 Å². The molecule has 1 aromatic carbocycles. The number of hydrogen-bond acceptors (Lipinski definition) is 4. The van der Waals surface area contributed by atoms with Crippen molar-refractivity contribution < 1.29 is 9.53 Å². The van der Waals surface area contributed by atoms with Crippen LogP contribution in [-0.4, -0.2) is 46.4 Å². The lowest BCUT2D eigenvalue weighted by Gasteiger charge is -2.31. The number of aromatic nitrogens is 2. The predicted octanol–water partition coefficient (Wildman–Crippen LogP) is 1.11. The fraction of sp³-hybridized carbons (Fsp3) is 0.500. The van der Waals surface area contributed by atoms with Crippen LogP contribution in [0.4, 0.5) is 0 Å². The van der Waals surface area contributed by atoms with Crippen LogP contribution < -0.4 is 11.1 Å². The van der Waals surface area contributed by atoms with Crippen LogP contribution in [0.5, 0.6) is 0 Å². The van der Waals surface area contributed by atoms with Crippen molar-refractivity contribution in [2.75, 3.05) is 19.7 Å². The molecule has 0 radical (unpaired) electrons. The van der Waals surface area contributed by atoms with Crippen LogP contribution in [0.3, 0.4) is 0 Å². The van der Waals surface area contributed by atoms with Crippen molar-refractivity contribution in [1.82, 2.24) is 14.7 Å². The molecule has 7 heteroatoms. The lowest BCUT2D eigenvalue weighted by atomic mass is 10.1. The maximum atomic E-state index is 12.4. The minimum absolute atomic E-state index is 0.00384. The van der Waals surface area contributed by atoms with Gasteiger partial charge in [-0.05, 0) is 31.9 Å². The molecule has 0 spiro atoms. The second-order valence-electron chi connectivity index (χ2n) is 6.23. The summed E-state index contributed by atoms with van der Waals surface area (Å²) in [6.07, 6.45) is 2.10. The van der Waals surface area contributed by atoms with Crippen LogP contribution in [0.15, 0.2) is 33.9 Å². The Morgan fingerprint density at radius 2 is 1.88 bits per heavy atom. The SMILES string of the molecule is CCOC1CCN(C(=O)CCn2[nH]c(=O)c3ccccc3c2=O)CC1. The van der Waals surface area contributed by atoms with E-state index >= 15 is 0 Å². The molecule has 134 valence electrons. The minimum Gasteiger partial charge on any atom is -0.378 e. The molecule has 1 fully saturated rings. The molecule has 0 saturated carbocycles. The summed E-state index contributed by atoms with van der Waals surface area (Å²) < 4.78 is 6.82. The van der Waals surface area contributed by atoms with Crippen molar-refractivity contribution in [3.63, 3.8) is 0 Å². The maximum Gasteiger partial charge on any atom is 0.273 e. The number of ether oxygens (including phenoxy) is 1. The largest absolute Gasteiger partial charge is 0.378 e. The number of H-pyrrole nitrogens is 1. The van der Waals surface area contributed by atoms with E-state index in [1.165, 1.54) is 4.68 Å². The van der Waals surface area contributed by atoms with Crippen LogP contribution in [0, 0.1) is 0 Å². The molecule has 0 bridgehead atoms. The highest BCUT2D eigenvalue weighted by molar-refractivity contribution is 5.80. The number of aryl methyl sites for hydroxylation is 1. The zero-order chi connectivity index (χ0) is 17.8. The summed E-state index contributed by atoms with van der Waals surface area (Å²) in [5, 5.41) is 3.30. The second kappa shape index (κ2) is 7.65. The number of carbonyl (C=O) groups excluding carboxylic acids is 1. The summed E-state index contributed by atoms with van der Waals surface area (Å²) in [5.41, 5.74) is -0.599. The van der Waals surface area contributed by atoms with Crippen LogP contribution in [0.2, 0.25) is 0 Å². The van der Waals surface area contributed by atoms with Gasteiger partial charge in [-0.3, -0.25) is 19.5 Å². The van der Waals surface area contributed by atoms with Crippen molar-refractivity contribution in [1.29, 1.82) is 0 Å². The number of amides is 1. The van der Waals surface area contributed by atoms with Crippen molar-refractivity contribution in [3.05, 3.63) is 45.0 Å². The molecular formula is C18H23N3O4. The van der Waals surface area contributed by atoms with Gasteiger partial charge >= 0.3 is 0 Å². The molecular weight excluding hydrogens is 322 g/mol. The number of aromatic amines is 1. The van der Waals surface area contributed by atoms with Crippen molar-refractivity contribution in [2.24, 2.45) is 0 Å². The average Bonchev–Trinajstić information content (AvgIpc) is 2.64. The number of fused-ring (bicyclic) bond motifs is 1. The number of piperidine rings is 1. The monoisotopic (exact) mass is 345 g/mol. The summed E-state index contributed by atoms with van der Waals surface area (Å²) in [6, 6.07) is 6.69. The highest BCUT2D eigenvalue weighted by atomic mass is 16.5. The van der Waals surface area contributed by atoms with E-state index in [9.17, 15) is 14.4 Å². The summed E-state index contributed by atoms with van der Waals surface area (Å²) in [5.74, 6) is -0.00384. The zero-order valence-corrected chi connectivity index (χ0v) is 14.4. The van der Waals surface area contributed by atoms with Gasteiger partial charge in [0.2, 0.25) is 5.91 Å². The third kappa shape index (κ3) is 3.82. The van der Waals surface area contributed by atoms with Crippen molar-refractivity contribution in [2.45, 2.75) is 38.8 Å². The Hall–Kier alpha value is -2.41. The Bertz CT molecular complexity index is 862. The standard InChI is InChI=1S/C18H23N3O4/c1-2-25-13-7-10-20(11-8-13)16(22)9-12-21-18(24)15-6-4-3-5-14(15)17(23)19-21/h3-6,13H,2,7-12H2,1H3,(H,19,23). The molecule has 3 rings (SSSR count). The number of nitrogens with zero attached hydrogens (tertiary/aromatic N) is 2. The van der Waals surface area contributed by atoms with Crippen LogP contribution >= 0.6 is 0 Å². The maximum absolute atomic E-state index is 12.4. The molecule has 2 heterocycles. The Morgan fingerprint density at radius 3 is 2.56 bits per heavy atom. The normalized spacial score (nSPS) is 15.6. The number of nitrogens with one attached hydrogen (secondary N) is 1. The number of carbonyl (C=O) groups is 1. The molecule has 0 atom stereocenters.